The Hall–Kier alpha value is -2.36. The molecule has 0 bridgehead atoms. The normalized spacial score (nSPS) is 11.2. The summed E-state index contributed by atoms with van der Waals surface area (Å²) in [5.74, 6) is -1.85. The van der Waals surface area contributed by atoms with Crippen molar-refractivity contribution < 1.29 is 37.5 Å². The zero-order valence-corrected chi connectivity index (χ0v) is 9.72. The van der Waals surface area contributed by atoms with Gasteiger partial charge in [-0.25, -0.2) is 4.79 Å². The van der Waals surface area contributed by atoms with Crippen molar-refractivity contribution >= 4 is 11.7 Å². The van der Waals surface area contributed by atoms with Crippen molar-refractivity contribution in [3.63, 3.8) is 0 Å². The number of hydrogen-bond donors (Lipinski definition) is 1. The van der Waals surface area contributed by atoms with Crippen molar-refractivity contribution in [2.75, 3.05) is 13.4 Å². The molecule has 0 fully saturated rings. The zero-order chi connectivity index (χ0) is 15.3. The summed E-state index contributed by atoms with van der Waals surface area (Å²) in [5, 5.41) is 19.4. The molecule has 1 rings (SSSR count). The molecule has 10 heteroatoms. The summed E-state index contributed by atoms with van der Waals surface area (Å²) in [4.78, 5) is 20.5. The first-order valence-corrected chi connectivity index (χ1v) is 5.00. The van der Waals surface area contributed by atoms with Crippen LogP contribution in [0.25, 0.3) is 0 Å². The number of carboxylic acid groups (broad SMARTS) is 1. The second-order valence-electron chi connectivity index (χ2n) is 3.47. The summed E-state index contributed by atoms with van der Waals surface area (Å²) in [5.41, 5.74) is -0.882. The van der Waals surface area contributed by atoms with Crippen LogP contribution in [0.15, 0.2) is 18.2 Å². The average Bonchev–Trinajstić information content (AvgIpc) is 2.33. The molecule has 0 aromatic heterocycles. The predicted octanol–water partition coefficient (Wildman–Crippen LogP) is 2.21. The minimum atomic E-state index is -4.56. The van der Waals surface area contributed by atoms with E-state index in [-0.39, 0.29) is 5.56 Å². The molecule has 1 aromatic rings. The van der Waals surface area contributed by atoms with Crippen LogP contribution in [0.4, 0.5) is 18.9 Å². The average molecular weight is 295 g/mol. The molecule has 0 radical (unpaired) electrons. The molecule has 0 saturated carbocycles. The number of benzene rings is 1. The fourth-order valence-electron chi connectivity index (χ4n) is 1.18. The third kappa shape index (κ3) is 4.72. The maximum Gasteiger partial charge on any atom is 0.411 e. The van der Waals surface area contributed by atoms with Crippen LogP contribution in [-0.4, -0.2) is 35.6 Å². The second kappa shape index (κ2) is 6.19. The van der Waals surface area contributed by atoms with E-state index in [0.717, 1.165) is 18.2 Å². The van der Waals surface area contributed by atoms with Crippen molar-refractivity contribution in [2.24, 2.45) is 0 Å². The SMILES string of the molecule is O=C(O)c1ccc([N+](=O)[O-])c(OCOCC(F)(F)F)c1. The summed E-state index contributed by atoms with van der Waals surface area (Å²) < 4.78 is 44.2. The maximum atomic E-state index is 11.8. The monoisotopic (exact) mass is 295 g/mol. The molecule has 0 unspecified atom stereocenters. The number of aromatic carboxylic acids is 1. The molecule has 7 nitrogen and oxygen atoms in total. The number of alkyl halides is 3. The Kier molecular flexibility index (Phi) is 4.86. The lowest BCUT2D eigenvalue weighted by molar-refractivity contribution is -0.386. The lowest BCUT2D eigenvalue weighted by Crippen LogP contribution is -2.19. The summed E-state index contributed by atoms with van der Waals surface area (Å²) in [7, 11) is 0. The van der Waals surface area contributed by atoms with Gasteiger partial charge in [-0.15, -0.1) is 0 Å². The molecule has 0 spiro atoms. The Balaban J connectivity index is 2.78. The van der Waals surface area contributed by atoms with Gasteiger partial charge in [-0.1, -0.05) is 0 Å². The van der Waals surface area contributed by atoms with Gasteiger partial charge >= 0.3 is 17.8 Å². The van der Waals surface area contributed by atoms with Crippen LogP contribution >= 0.6 is 0 Å². The summed E-state index contributed by atoms with van der Waals surface area (Å²) in [6.45, 7) is -2.48. The van der Waals surface area contributed by atoms with E-state index in [1.54, 1.807) is 0 Å². The number of carboxylic acids is 1. The van der Waals surface area contributed by atoms with Crippen molar-refractivity contribution in [3.05, 3.63) is 33.9 Å². The van der Waals surface area contributed by atoms with Crippen LogP contribution in [0.1, 0.15) is 10.4 Å². The zero-order valence-electron chi connectivity index (χ0n) is 9.72. The standard InChI is InChI=1S/C10H8F3NO6/c11-10(12,13)4-19-5-20-8-3-6(9(15)16)1-2-7(8)14(17)18/h1-3H,4-5H2,(H,15,16). The molecule has 0 aliphatic carbocycles. The third-order valence-electron chi connectivity index (χ3n) is 1.97. The highest BCUT2D eigenvalue weighted by Crippen LogP contribution is 2.28. The van der Waals surface area contributed by atoms with Crippen molar-refractivity contribution in [2.45, 2.75) is 6.18 Å². The first kappa shape index (κ1) is 15.7. The lowest BCUT2D eigenvalue weighted by atomic mass is 10.2. The molecule has 1 aromatic carbocycles. The van der Waals surface area contributed by atoms with Crippen molar-refractivity contribution in [1.29, 1.82) is 0 Å². The molecule has 110 valence electrons. The highest BCUT2D eigenvalue weighted by atomic mass is 19.4. The molecule has 0 aliphatic rings. The molecular weight excluding hydrogens is 287 g/mol. The van der Waals surface area contributed by atoms with E-state index in [1.807, 2.05) is 0 Å². The van der Waals surface area contributed by atoms with Gasteiger partial charge in [0.25, 0.3) is 0 Å². The van der Waals surface area contributed by atoms with Crippen LogP contribution in [0, 0.1) is 10.1 Å². The van der Waals surface area contributed by atoms with Gasteiger partial charge in [-0.05, 0) is 6.07 Å². The Labute approximate surface area is 109 Å². The number of halogens is 3. The highest BCUT2D eigenvalue weighted by Gasteiger charge is 2.27. The van der Waals surface area contributed by atoms with Crippen LogP contribution < -0.4 is 4.74 Å². The van der Waals surface area contributed by atoms with Crippen LogP contribution in [0.3, 0.4) is 0 Å². The Bertz CT molecular complexity index is 516. The number of rotatable bonds is 6. The number of nitro benzene ring substituents is 1. The lowest BCUT2D eigenvalue weighted by Gasteiger charge is -2.09. The van der Waals surface area contributed by atoms with Crippen LogP contribution in [0.5, 0.6) is 5.75 Å². The molecule has 0 aliphatic heterocycles. The fourth-order valence-corrected chi connectivity index (χ4v) is 1.18. The third-order valence-corrected chi connectivity index (χ3v) is 1.97. The Morgan fingerprint density at radius 3 is 2.55 bits per heavy atom. The van der Waals surface area contributed by atoms with Crippen molar-refractivity contribution in [1.82, 2.24) is 0 Å². The van der Waals surface area contributed by atoms with Gasteiger partial charge in [0.15, 0.2) is 6.79 Å². The van der Waals surface area contributed by atoms with E-state index in [0.29, 0.717) is 0 Å². The quantitative estimate of drug-likeness (QED) is 0.374. The summed E-state index contributed by atoms with van der Waals surface area (Å²) >= 11 is 0. The topological polar surface area (TPSA) is 98.9 Å². The van der Waals surface area contributed by atoms with Gasteiger partial charge in [0.1, 0.15) is 6.61 Å². The van der Waals surface area contributed by atoms with Crippen LogP contribution in [-0.2, 0) is 4.74 Å². The molecule has 0 heterocycles. The largest absolute Gasteiger partial charge is 0.478 e. The Morgan fingerprint density at radius 2 is 2.05 bits per heavy atom. The molecule has 0 amide bonds. The highest BCUT2D eigenvalue weighted by molar-refractivity contribution is 5.88. The number of nitrogens with zero attached hydrogens (tertiary/aromatic N) is 1. The molecule has 0 atom stereocenters. The van der Waals surface area contributed by atoms with Crippen LogP contribution in [0.2, 0.25) is 0 Å². The minimum Gasteiger partial charge on any atom is -0.478 e. The van der Waals surface area contributed by atoms with Gasteiger partial charge in [0.05, 0.1) is 10.5 Å². The molecule has 0 saturated heterocycles. The number of ether oxygens (including phenoxy) is 2. The van der Waals surface area contributed by atoms with E-state index >= 15 is 0 Å². The van der Waals surface area contributed by atoms with Gasteiger partial charge in [-0.3, -0.25) is 10.1 Å². The number of nitro groups is 1. The molecular formula is C10H8F3NO6. The van der Waals surface area contributed by atoms with Gasteiger partial charge in [-0.2, -0.15) is 13.2 Å². The van der Waals surface area contributed by atoms with E-state index < -0.39 is 41.9 Å². The van der Waals surface area contributed by atoms with E-state index in [1.165, 1.54) is 0 Å². The van der Waals surface area contributed by atoms with Gasteiger partial charge in [0, 0.05) is 12.1 Å². The number of carbonyl (C=O) groups is 1. The Morgan fingerprint density at radius 1 is 1.40 bits per heavy atom. The van der Waals surface area contributed by atoms with E-state index in [4.69, 9.17) is 5.11 Å². The van der Waals surface area contributed by atoms with E-state index in [9.17, 15) is 28.1 Å². The van der Waals surface area contributed by atoms with E-state index in [2.05, 4.69) is 9.47 Å². The number of hydrogen-bond acceptors (Lipinski definition) is 5. The second-order valence-corrected chi connectivity index (χ2v) is 3.47. The smallest absolute Gasteiger partial charge is 0.411 e. The van der Waals surface area contributed by atoms with Gasteiger partial charge < -0.3 is 14.6 Å². The first-order chi connectivity index (χ1) is 9.20. The summed E-state index contributed by atoms with van der Waals surface area (Å²) in [6, 6.07) is 2.68. The molecule has 20 heavy (non-hydrogen) atoms. The fraction of sp³-hybridized carbons (Fsp3) is 0.300. The van der Waals surface area contributed by atoms with Crippen molar-refractivity contribution in [3.8, 4) is 5.75 Å². The first-order valence-electron chi connectivity index (χ1n) is 5.00. The van der Waals surface area contributed by atoms with Gasteiger partial charge in [0.2, 0.25) is 5.75 Å². The minimum absolute atomic E-state index is 0.304. The molecule has 1 N–H and O–H groups in total. The summed E-state index contributed by atoms with van der Waals surface area (Å²) in [6.07, 6.45) is -4.56. The maximum absolute atomic E-state index is 11.8. The predicted molar refractivity (Wildman–Crippen MR) is 57.6 cm³/mol.